The second-order valence-corrected chi connectivity index (χ2v) is 6.71. The average molecular weight is 324 g/mol. The number of nitrogens with zero attached hydrogens (tertiary/aromatic N) is 2. The SMILES string of the molecule is B.OC1(COc2ccc(-c3cccnc3)cc2)CN2CCC1CC2. The largest absolute Gasteiger partial charge is 0.491 e. The molecule has 3 fully saturated rings. The van der Waals surface area contributed by atoms with Crippen molar-refractivity contribution in [1.82, 2.24) is 9.88 Å². The predicted molar refractivity (Wildman–Crippen MR) is 99.2 cm³/mol. The molecule has 1 unspecified atom stereocenters. The molecule has 1 aromatic carbocycles. The Morgan fingerprint density at radius 2 is 1.88 bits per heavy atom. The number of ether oxygens (including phenoxy) is 1. The van der Waals surface area contributed by atoms with Crippen LogP contribution in [0.2, 0.25) is 0 Å². The summed E-state index contributed by atoms with van der Waals surface area (Å²) in [5.74, 6) is 1.18. The van der Waals surface area contributed by atoms with Gasteiger partial charge in [-0.1, -0.05) is 18.2 Å². The van der Waals surface area contributed by atoms with E-state index in [9.17, 15) is 5.11 Å². The molecule has 5 heteroatoms. The maximum atomic E-state index is 10.9. The van der Waals surface area contributed by atoms with Gasteiger partial charge in [-0.3, -0.25) is 4.98 Å². The number of piperidine rings is 3. The molecule has 0 amide bonds. The molecule has 2 bridgehead atoms. The Hall–Kier alpha value is -1.85. The van der Waals surface area contributed by atoms with Gasteiger partial charge in [0.2, 0.25) is 0 Å². The Morgan fingerprint density at radius 1 is 1.12 bits per heavy atom. The van der Waals surface area contributed by atoms with Gasteiger partial charge in [0.15, 0.2) is 0 Å². The van der Waals surface area contributed by atoms with Crippen LogP contribution in [0.4, 0.5) is 0 Å². The molecule has 1 aromatic heterocycles. The number of hydrogen-bond acceptors (Lipinski definition) is 4. The second kappa shape index (κ2) is 6.95. The van der Waals surface area contributed by atoms with Crippen molar-refractivity contribution in [3.63, 3.8) is 0 Å². The molecule has 126 valence electrons. The standard InChI is InChI=1S/C19H22N2O2.BH3/c22-19(13-21-10-7-17(19)8-11-21)14-23-18-5-3-15(4-6-18)16-2-1-9-20-12-16;/h1-6,9,12,17,22H,7-8,10-11,13-14H2;1H3. The first kappa shape index (κ1) is 17.0. The fourth-order valence-electron chi connectivity index (χ4n) is 3.79. The minimum atomic E-state index is -0.696. The maximum Gasteiger partial charge on any atom is 0.119 e. The lowest BCUT2D eigenvalue weighted by molar-refractivity contribution is -0.131. The molecule has 0 radical (unpaired) electrons. The molecular weight excluding hydrogens is 299 g/mol. The molecule has 3 saturated heterocycles. The van der Waals surface area contributed by atoms with E-state index >= 15 is 0 Å². The first-order valence-corrected chi connectivity index (χ1v) is 8.31. The molecule has 1 N–H and O–H groups in total. The summed E-state index contributed by atoms with van der Waals surface area (Å²) >= 11 is 0. The van der Waals surface area contributed by atoms with Gasteiger partial charge in [0.05, 0.1) is 8.41 Å². The van der Waals surface area contributed by atoms with E-state index in [4.69, 9.17) is 4.74 Å². The zero-order chi connectivity index (χ0) is 15.7. The molecule has 5 rings (SSSR count). The van der Waals surface area contributed by atoms with Gasteiger partial charge in [0.25, 0.3) is 0 Å². The number of aliphatic hydroxyl groups is 1. The van der Waals surface area contributed by atoms with E-state index in [1.165, 1.54) is 0 Å². The third-order valence-electron chi connectivity index (χ3n) is 5.18. The van der Waals surface area contributed by atoms with Crippen molar-refractivity contribution in [1.29, 1.82) is 0 Å². The number of rotatable bonds is 4. The van der Waals surface area contributed by atoms with Crippen molar-refractivity contribution in [2.24, 2.45) is 5.92 Å². The summed E-state index contributed by atoms with van der Waals surface area (Å²) < 4.78 is 5.90. The van der Waals surface area contributed by atoms with Gasteiger partial charge in [0, 0.05) is 18.9 Å². The van der Waals surface area contributed by atoms with E-state index in [0.717, 1.165) is 49.4 Å². The summed E-state index contributed by atoms with van der Waals surface area (Å²) in [5.41, 5.74) is 1.51. The van der Waals surface area contributed by atoms with Gasteiger partial charge in [0.1, 0.15) is 18.0 Å². The normalized spacial score (nSPS) is 28.2. The monoisotopic (exact) mass is 324 g/mol. The lowest BCUT2D eigenvalue weighted by Gasteiger charge is -2.50. The Labute approximate surface area is 145 Å². The van der Waals surface area contributed by atoms with Crippen LogP contribution < -0.4 is 4.74 Å². The molecule has 1 atom stereocenters. The van der Waals surface area contributed by atoms with Gasteiger partial charge >= 0.3 is 0 Å². The maximum absolute atomic E-state index is 10.9. The van der Waals surface area contributed by atoms with Gasteiger partial charge in [-0.05, 0) is 61.2 Å². The van der Waals surface area contributed by atoms with Gasteiger partial charge < -0.3 is 14.7 Å². The van der Waals surface area contributed by atoms with E-state index < -0.39 is 5.60 Å². The predicted octanol–water partition coefficient (Wildman–Crippen LogP) is 1.40. The number of benzene rings is 1. The third-order valence-corrected chi connectivity index (χ3v) is 5.18. The van der Waals surface area contributed by atoms with E-state index in [1.54, 1.807) is 6.20 Å². The summed E-state index contributed by atoms with van der Waals surface area (Å²) in [4.78, 5) is 6.49. The highest BCUT2D eigenvalue weighted by molar-refractivity contribution is 5.75. The topological polar surface area (TPSA) is 45.6 Å². The van der Waals surface area contributed by atoms with Crippen molar-refractivity contribution in [2.75, 3.05) is 26.2 Å². The molecule has 4 heterocycles. The summed E-state index contributed by atoms with van der Waals surface area (Å²) in [6, 6.07) is 12.0. The van der Waals surface area contributed by atoms with E-state index in [1.807, 2.05) is 42.6 Å². The molecule has 3 aliphatic rings. The Kier molecular flexibility index (Phi) is 4.92. The zero-order valence-corrected chi connectivity index (χ0v) is 13.2. The lowest BCUT2D eigenvalue weighted by atomic mass is 9.76. The highest BCUT2D eigenvalue weighted by atomic mass is 16.5. The highest BCUT2D eigenvalue weighted by Gasteiger charge is 2.45. The first-order valence-electron chi connectivity index (χ1n) is 8.31. The van der Waals surface area contributed by atoms with Crippen LogP contribution in [0.25, 0.3) is 11.1 Å². The van der Waals surface area contributed by atoms with E-state index in [0.29, 0.717) is 12.5 Å². The molecule has 2 aromatic rings. The first-order chi connectivity index (χ1) is 11.2. The van der Waals surface area contributed by atoms with Crippen molar-refractivity contribution in [3.8, 4) is 16.9 Å². The van der Waals surface area contributed by atoms with E-state index in [2.05, 4.69) is 9.88 Å². The van der Waals surface area contributed by atoms with Crippen LogP contribution in [0.3, 0.4) is 0 Å². The second-order valence-electron chi connectivity index (χ2n) is 6.71. The number of hydrogen-bond donors (Lipinski definition) is 1. The fraction of sp³-hybridized carbons (Fsp3) is 0.421. The molecule has 0 spiro atoms. The smallest absolute Gasteiger partial charge is 0.119 e. The molecule has 0 saturated carbocycles. The highest BCUT2D eigenvalue weighted by Crippen LogP contribution is 2.36. The van der Waals surface area contributed by atoms with Crippen molar-refractivity contribution >= 4 is 8.41 Å². The van der Waals surface area contributed by atoms with Crippen LogP contribution in [-0.2, 0) is 0 Å². The number of aromatic nitrogens is 1. The van der Waals surface area contributed by atoms with Crippen LogP contribution in [-0.4, -0.2) is 55.2 Å². The minimum Gasteiger partial charge on any atom is -0.491 e. The Morgan fingerprint density at radius 3 is 2.46 bits per heavy atom. The van der Waals surface area contributed by atoms with Gasteiger partial charge in [-0.25, -0.2) is 0 Å². The lowest BCUT2D eigenvalue weighted by Crippen LogP contribution is -2.61. The minimum absolute atomic E-state index is 0. The van der Waals surface area contributed by atoms with Gasteiger partial charge in [-0.2, -0.15) is 0 Å². The molecule has 4 nitrogen and oxygen atoms in total. The van der Waals surface area contributed by atoms with E-state index in [-0.39, 0.29) is 8.41 Å². The summed E-state index contributed by atoms with van der Waals surface area (Å²) in [5, 5.41) is 10.9. The van der Waals surface area contributed by atoms with Crippen molar-refractivity contribution in [2.45, 2.75) is 18.4 Å². The van der Waals surface area contributed by atoms with Gasteiger partial charge in [-0.15, -0.1) is 0 Å². The molecule has 0 aliphatic carbocycles. The van der Waals surface area contributed by atoms with Crippen LogP contribution in [0.5, 0.6) is 5.75 Å². The Balaban J connectivity index is 0.00000169. The Bertz CT molecular complexity index is 657. The van der Waals surface area contributed by atoms with Crippen molar-refractivity contribution < 1.29 is 9.84 Å². The summed E-state index contributed by atoms with van der Waals surface area (Å²) in [7, 11) is 0. The van der Waals surface area contributed by atoms with Crippen LogP contribution >= 0.6 is 0 Å². The van der Waals surface area contributed by atoms with Crippen LogP contribution in [0, 0.1) is 5.92 Å². The third kappa shape index (κ3) is 3.33. The van der Waals surface area contributed by atoms with Crippen LogP contribution in [0.15, 0.2) is 48.8 Å². The summed E-state index contributed by atoms with van der Waals surface area (Å²) in [6.07, 6.45) is 5.79. The molecular formula is C19H25BN2O2. The number of pyridine rings is 1. The fourth-order valence-corrected chi connectivity index (χ4v) is 3.79. The zero-order valence-electron chi connectivity index (χ0n) is 13.2. The van der Waals surface area contributed by atoms with Crippen LogP contribution in [0.1, 0.15) is 12.8 Å². The number of fused-ring (bicyclic) bond motifs is 3. The molecule has 3 aliphatic heterocycles. The summed E-state index contributed by atoms with van der Waals surface area (Å²) in [6.45, 7) is 3.35. The van der Waals surface area contributed by atoms with Crippen molar-refractivity contribution in [3.05, 3.63) is 48.8 Å². The average Bonchev–Trinajstić information content (AvgIpc) is 2.62. The molecule has 24 heavy (non-hydrogen) atoms. The quantitative estimate of drug-likeness (QED) is 0.864.